The van der Waals surface area contributed by atoms with Gasteiger partial charge in [-0.2, -0.15) is 9.97 Å². The Hall–Kier alpha value is -1.57. The maximum Gasteiger partial charge on any atom is 0.225 e. The first-order valence-electron chi connectivity index (χ1n) is 5.64. The molecular formula is C10H16N4O3S. The van der Waals surface area contributed by atoms with Gasteiger partial charge >= 0.3 is 0 Å². The number of ether oxygens (including phenoxy) is 1. The van der Waals surface area contributed by atoms with E-state index in [1.807, 2.05) is 0 Å². The van der Waals surface area contributed by atoms with Gasteiger partial charge in [-0.05, 0) is 12.8 Å². The zero-order valence-electron chi connectivity index (χ0n) is 10.1. The van der Waals surface area contributed by atoms with Gasteiger partial charge in [0.25, 0.3) is 0 Å². The Balaban J connectivity index is 2.11. The third kappa shape index (κ3) is 3.22. The fourth-order valence-corrected chi connectivity index (χ4v) is 3.60. The highest BCUT2D eigenvalue weighted by Crippen LogP contribution is 2.19. The molecule has 0 aromatic carbocycles. The number of nitrogens with one attached hydrogen (secondary N) is 1. The van der Waals surface area contributed by atoms with Crippen LogP contribution < -0.4 is 15.8 Å². The molecular weight excluding hydrogens is 256 g/mol. The molecule has 7 nitrogen and oxygen atoms in total. The van der Waals surface area contributed by atoms with Crippen molar-refractivity contribution in [2.45, 2.75) is 18.9 Å². The van der Waals surface area contributed by atoms with E-state index in [-0.39, 0.29) is 23.5 Å². The topological polar surface area (TPSA) is 107 Å². The van der Waals surface area contributed by atoms with E-state index in [1.54, 1.807) is 6.07 Å². The second-order valence-corrected chi connectivity index (χ2v) is 6.48. The molecule has 2 heterocycles. The van der Waals surface area contributed by atoms with Crippen molar-refractivity contribution >= 4 is 21.6 Å². The lowest BCUT2D eigenvalue weighted by molar-refractivity contribution is 0.398. The summed E-state index contributed by atoms with van der Waals surface area (Å²) in [6.45, 7) is 0. The van der Waals surface area contributed by atoms with Gasteiger partial charge in [-0.25, -0.2) is 8.42 Å². The minimum Gasteiger partial charge on any atom is -0.481 e. The highest BCUT2D eigenvalue weighted by atomic mass is 32.2. The number of sulfone groups is 1. The van der Waals surface area contributed by atoms with Crippen molar-refractivity contribution in [3.8, 4) is 5.88 Å². The Morgan fingerprint density at radius 2 is 2.28 bits per heavy atom. The number of rotatable bonds is 3. The summed E-state index contributed by atoms with van der Waals surface area (Å²) in [5.74, 6) is 1.32. The molecule has 100 valence electrons. The second kappa shape index (κ2) is 4.97. The summed E-state index contributed by atoms with van der Waals surface area (Å²) in [6.07, 6.45) is 1.46. The lowest BCUT2D eigenvalue weighted by Gasteiger charge is -2.23. The van der Waals surface area contributed by atoms with Crippen molar-refractivity contribution < 1.29 is 13.2 Å². The molecule has 1 saturated heterocycles. The molecule has 0 bridgehead atoms. The van der Waals surface area contributed by atoms with Crippen LogP contribution in [0.3, 0.4) is 0 Å². The van der Waals surface area contributed by atoms with Gasteiger partial charge in [-0.15, -0.1) is 0 Å². The Morgan fingerprint density at radius 1 is 1.50 bits per heavy atom. The van der Waals surface area contributed by atoms with E-state index in [2.05, 4.69) is 15.3 Å². The summed E-state index contributed by atoms with van der Waals surface area (Å²) >= 11 is 0. The van der Waals surface area contributed by atoms with Crippen LogP contribution in [0.5, 0.6) is 5.88 Å². The van der Waals surface area contributed by atoms with E-state index in [1.165, 1.54) is 7.11 Å². The first-order valence-corrected chi connectivity index (χ1v) is 7.46. The van der Waals surface area contributed by atoms with Gasteiger partial charge in [-0.1, -0.05) is 0 Å². The van der Waals surface area contributed by atoms with E-state index >= 15 is 0 Å². The number of nitrogens with zero attached hydrogens (tertiary/aromatic N) is 2. The minimum absolute atomic E-state index is 0.0931. The van der Waals surface area contributed by atoms with Crippen molar-refractivity contribution in [1.29, 1.82) is 0 Å². The monoisotopic (exact) mass is 272 g/mol. The van der Waals surface area contributed by atoms with Gasteiger partial charge in [-0.3, -0.25) is 0 Å². The predicted molar refractivity (Wildman–Crippen MR) is 68.3 cm³/mol. The Morgan fingerprint density at radius 3 is 2.94 bits per heavy atom. The van der Waals surface area contributed by atoms with E-state index in [0.29, 0.717) is 18.1 Å². The fourth-order valence-electron chi connectivity index (χ4n) is 1.97. The van der Waals surface area contributed by atoms with Crippen molar-refractivity contribution in [1.82, 2.24) is 9.97 Å². The molecule has 1 fully saturated rings. The summed E-state index contributed by atoms with van der Waals surface area (Å²) < 4.78 is 28.0. The molecule has 1 aliphatic heterocycles. The molecule has 1 aromatic heterocycles. The maximum atomic E-state index is 11.5. The van der Waals surface area contributed by atoms with Crippen LogP contribution in [-0.4, -0.2) is 43.0 Å². The smallest absolute Gasteiger partial charge is 0.225 e. The number of nitrogens with two attached hydrogens (primary N) is 1. The van der Waals surface area contributed by atoms with Crippen molar-refractivity contribution in [3.63, 3.8) is 0 Å². The van der Waals surface area contributed by atoms with Crippen LogP contribution >= 0.6 is 0 Å². The predicted octanol–water partition coefficient (Wildman–Crippen LogP) is 0.0565. The van der Waals surface area contributed by atoms with Crippen molar-refractivity contribution in [2.75, 3.05) is 29.7 Å². The molecule has 0 spiro atoms. The van der Waals surface area contributed by atoms with Crippen molar-refractivity contribution in [3.05, 3.63) is 6.07 Å². The zero-order chi connectivity index (χ0) is 13.2. The first kappa shape index (κ1) is 12.9. The number of methoxy groups -OCH3 is 1. The largest absolute Gasteiger partial charge is 0.481 e. The van der Waals surface area contributed by atoms with Crippen LogP contribution in [0, 0.1) is 0 Å². The van der Waals surface area contributed by atoms with Crippen LogP contribution in [0.2, 0.25) is 0 Å². The van der Waals surface area contributed by atoms with Gasteiger partial charge in [0.15, 0.2) is 9.84 Å². The summed E-state index contributed by atoms with van der Waals surface area (Å²) in [6, 6.07) is 1.46. The molecule has 2 rings (SSSR count). The average Bonchev–Trinajstić information content (AvgIpc) is 2.26. The Bertz CT molecular complexity index is 532. The highest BCUT2D eigenvalue weighted by Gasteiger charge is 2.25. The molecule has 8 heteroatoms. The zero-order valence-corrected chi connectivity index (χ0v) is 10.9. The van der Waals surface area contributed by atoms with Crippen LogP contribution in [0.1, 0.15) is 12.8 Å². The molecule has 18 heavy (non-hydrogen) atoms. The van der Waals surface area contributed by atoms with Crippen LogP contribution in [0.4, 0.5) is 11.8 Å². The van der Waals surface area contributed by atoms with Crippen LogP contribution in [0.15, 0.2) is 6.07 Å². The number of hydrogen-bond donors (Lipinski definition) is 2. The summed E-state index contributed by atoms with van der Waals surface area (Å²) in [4.78, 5) is 7.86. The number of anilines is 2. The number of hydrogen-bond acceptors (Lipinski definition) is 7. The number of nitrogen functional groups attached to an aromatic ring is 1. The van der Waals surface area contributed by atoms with E-state index in [0.717, 1.165) is 6.42 Å². The van der Waals surface area contributed by atoms with Gasteiger partial charge < -0.3 is 15.8 Å². The fraction of sp³-hybridized carbons (Fsp3) is 0.600. The lowest BCUT2D eigenvalue weighted by Crippen LogP contribution is -2.35. The quantitative estimate of drug-likeness (QED) is 0.800. The summed E-state index contributed by atoms with van der Waals surface area (Å²) in [5, 5.41) is 3.06. The SMILES string of the molecule is COc1cc(NC2CCCS(=O)(=O)C2)nc(N)n1. The third-order valence-electron chi connectivity index (χ3n) is 2.74. The summed E-state index contributed by atoms with van der Waals surface area (Å²) in [5.41, 5.74) is 5.53. The van der Waals surface area contributed by atoms with Gasteiger partial charge in [0.2, 0.25) is 11.8 Å². The molecule has 1 aliphatic rings. The first-order chi connectivity index (χ1) is 8.48. The molecule has 1 aromatic rings. The molecule has 3 N–H and O–H groups in total. The molecule has 0 radical (unpaired) electrons. The molecule has 0 saturated carbocycles. The van der Waals surface area contributed by atoms with E-state index in [9.17, 15) is 8.42 Å². The number of aromatic nitrogens is 2. The Labute approximate surface area is 106 Å². The summed E-state index contributed by atoms with van der Waals surface area (Å²) in [7, 11) is -1.46. The average molecular weight is 272 g/mol. The third-order valence-corrected chi connectivity index (χ3v) is 4.57. The van der Waals surface area contributed by atoms with E-state index < -0.39 is 9.84 Å². The Kier molecular flexibility index (Phi) is 3.55. The van der Waals surface area contributed by atoms with Gasteiger partial charge in [0.1, 0.15) is 5.82 Å². The van der Waals surface area contributed by atoms with Crippen LogP contribution in [0.25, 0.3) is 0 Å². The lowest BCUT2D eigenvalue weighted by atomic mass is 10.2. The molecule has 1 unspecified atom stereocenters. The normalized spacial score (nSPS) is 22.4. The second-order valence-electron chi connectivity index (χ2n) is 4.25. The maximum absolute atomic E-state index is 11.5. The molecule has 0 amide bonds. The van der Waals surface area contributed by atoms with Crippen LogP contribution in [-0.2, 0) is 9.84 Å². The molecule has 0 aliphatic carbocycles. The minimum atomic E-state index is -2.95. The molecule has 1 atom stereocenters. The van der Waals surface area contributed by atoms with Gasteiger partial charge in [0, 0.05) is 12.1 Å². The highest BCUT2D eigenvalue weighted by molar-refractivity contribution is 7.91. The van der Waals surface area contributed by atoms with E-state index in [4.69, 9.17) is 10.5 Å². The standard InChI is InChI=1S/C10H16N4O3S/c1-17-9-5-8(13-10(11)14-9)12-7-3-2-4-18(15,16)6-7/h5,7H,2-4,6H2,1H3,(H3,11,12,13,14). The van der Waals surface area contributed by atoms with Crippen molar-refractivity contribution in [2.24, 2.45) is 0 Å². The van der Waals surface area contributed by atoms with Gasteiger partial charge in [0.05, 0.1) is 18.6 Å².